The molecule has 4 aliphatic heterocycles. The van der Waals surface area contributed by atoms with Crippen LogP contribution in [0.2, 0.25) is 18.6 Å². The Kier molecular flexibility index (Phi) is 10.5. The third kappa shape index (κ3) is 6.41. The molecule has 0 aromatic heterocycles. The van der Waals surface area contributed by atoms with Crippen molar-refractivity contribution in [2.75, 3.05) is 43.7 Å². The number of hydrogen-bond acceptors (Lipinski definition) is 8. The molecule has 286 valence electrons. The summed E-state index contributed by atoms with van der Waals surface area (Å²) in [6.45, 7) is 7.87. The van der Waals surface area contributed by atoms with Crippen molar-refractivity contribution >= 4 is 48.3 Å². The molecule has 5 atom stereocenters. The first kappa shape index (κ1) is 37.8. The van der Waals surface area contributed by atoms with Crippen LogP contribution in [-0.2, 0) is 47.2 Å². The summed E-state index contributed by atoms with van der Waals surface area (Å²) in [4.78, 5) is 59.6. The smallest absolute Gasteiger partial charge is 0.305 e. The minimum absolute atomic E-state index is 0.0318. The number of carbonyl (C=O) groups excluding carboxylic acids is 4. The normalized spacial score (nSPS) is 24.7. The van der Waals surface area contributed by atoms with Gasteiger partial charge in [-0.1, -0.05) is 61.6 Å². The predicted octanol–water partition coefficient (Wildman–Crippen LogP) is 4.67. The molecule has 3 aromatic rings. The van der Waals surface area contributed by atoms with Crippen LogP contribution in [0.5, 0.6) is 5.75 Å². The van der Waals surface area contributed by atoms with Crippen molar-refractivity contribution in [3.05, 3.63) is 83.4 Å². The van der Waals surface area contributed by atoms with E-state index in [1.165, 1.54) is 7.11 Å². The molecule has 4 heterocycles. The molecule has 3 aromatic carbocycles. The quantitative estimate of drug-likeness (QED) is 0.123. The highest BCUT2D eigenvalue weighted by atomic mass is 28.3. The summed E-state index contributed by atoms with van der Waals surface area (Å²) in [5, 5.41) is 11.6. The number of rotatable bonds is 12. The van der Waals surface area contributed by atoms with Gasteiger partial charge in [-0.2, -0.15) is 0 Å². The average molecular weight is 754 g/mol. The van der Waals surface area contributed by atoms with Crippen LogP contribution in [0, 0.1) is 5.92 Å². The second kappa shape index (κ2) is 15.0. The zero-order valence-corrected chi connectivity index (χ0v) is 32.9. The van der Waals surface area contributed by atoms with Crippen LogP contribution >= 0.6 is 0 Å². The minimum atomic E-state index is -2.55. The van der Waals surface area contributed by atoms with E-state index in [0.29, 0.717) is 50.9 Å². The first-order chi connectivity index (χ1) is 25.9. The molecule has 7 rings (SSSR count). The zero-order chi connectivity index (χ0) is 38.4. The van der Waals surface area contributed by atoms with Gasteiger partial charge in [0.15, 0.2) is 5.60 Å². The summed E-state index contributed by atoms with van der Waals surface area (Å²) in [7, 11) is 0.457. The Morgan fingerprint density at radius 3 is 2.39 bits per heavy atom. The lowest BCUT2D eigenvalue weighted by atomic mass is 9.82. The fourth-order valence-corrected chi connectivity index (χ4v) is 13.5. The number of β-lactam (4-membered cyclic amide) rings is 1. The fraction of sp³-hybridized carbons (Fsp3) is 0.476. The van der Waals surface area contributed by atoms with Crippen molar-refractivity contribution in [1.82, 2.24) is 4.90 Å². The van der Waals surface area contributed by atoms with Gasteiger partial charge in [0.1, 0.15) is 5.75 Å². The lowest BCUT2D eigenvalue weighted by Crippen LogP contribution is -2.52. The number of methoxy groups -OCH3 is 2. The number of unbranched alkanes of at least 4 members (excludes halogenated alkanes) is 1. The van der Waals surface area contributed by atoms with Gasteiger partial charge < -0.3 is 34.0 Å². The summed E-state index contributed by atoms with van der Waals surface area (Å²) >= 11 is 0. The topological polar surface area (TPSA) is 126 Å². The molecule has 2 fully saturated rings. The van der Waals surface area contributed by atoms with Gasteiger partial charge in [-0.05, 0) is 66.3 Å². The zero-order valence-electron chi connectivity index (χ0n) is 31.9. The molecule has 0 unspecified atom stereocenters. The van der Waals surface area contributed by atoms with Gasteiger partial charge in [-0.15, -0.1) is 0 Å². The molecular formula is C42H51N3O8Si. The molecular weight excluding hydrogens is 703 g/mol. The maximum atomic E-state index is 15.2. The maximum Gasteiger partial charge on any atom is 0.305 e. The number of aliphatic hydroxyl groups excluding tert-OH is 1. The van der Waals surface area contributed by atoms with Gasteiger partial charge in [0, 0.05) is 49.6 Å². The average Bonchev–Trinajstić information content (AvgIpc) is 3.60. The summed E-state index contributed by atoms with van der Waals surface area (Å²) in [5.41, 5.74) is 2.78. The highest BCUT2D eigenvalue weighted by Gasteiger charge is 2.66. The number of nitrogens with zero attached hydrogens (tertiary/aromatic N) is 3. The van der Waals surface area contributed by atoms with Crippen molar-refractivity contribution in [3.8, 4) is 5.75 Å². The number of ether oxygens (including phenoxy) is 3. The van der Waals surface area contributed by atoms with E-state index in [0.717, 1.165) is 33.4 Å². The number of aliphatic hydroxyl groups is 1. The molecule has 12 heteroatoms. The van der Waals surface area contributed by atoms with Crippen LogP contribution in [0.25, 0.3) is 0 Å². The second-order valence-corrected chi connectivity index (χ2v) is 20.4. The third-order valence-electron chi connectivity index (χ3n) is 12.5. The first-order valence-corrected chi connectivity index (χ1v) is 22.2. The van der Waals surface area contributed by atoms with Gasteiger partial charge in [0.25, 0.3) is 5.91 Å². The van der Waals surface area contributed by atoms with Crippen LogP contribution in [0.4, 0.5) is 11.4 Å². The number of benzene rings is 3. The van der Waals surface area contributed by atoms with Crippen molar-refractivity contribution in [1.29, 1.82) is 0 Å². The summed E-state index contributed by atoms with van der Waals surface area (Å²) < 4.78 is 17.6. The fourth-order valence-electron chi connectivity index (χ4n) is 9.45. The van der Waals surface area contributed by atoms with Crippen LogP contribution in [-0.4, -0.2) is 87.8 Å². The van der Waals surface area contributed by atoms with Crippen molar-refractivity contribution in [3.63, 3.8) is 0 Å². The van der Waals surface area contributed by atoms with Gasteiger partial charge in [-0.3, -0.25) is 19.2 Å². The Morgan fingerprint density at radius 1 is 1.00 bits per heavy atom. The number of carbonyl (C=O) groups is 4. The maximum absolute atomic E-state index is 15.2. The van der Waals surface area contributed by atoms with E-state index >= 15 is 4.79 Å². The number of anilines is 2. The number of hydrogen-bond donors (Lipinski definition) is 1. The molecule has 11 nitrogen and oxygen atoms in total. The molecule has 1 spiro atoms. The molecule has 0 radical (unpaired) electrons. The van der Waals surface area contributed by atoms with E-state index in [-0.39, 0.29) is 60.6 Å². The number of amides is 3. The Labute approximate surface area is 318 Å². The lowest BCUT2D eigenvalue weighted by Gasteiger charge is -2.39. The van der Waals surface area contributed by atoms with Gasteiger partial charge in [0.05, 0.1) is 53.2 Å². The van der Waals surface area contributed by atoms with Crippen LogP contribution in [0.1, 0.15) is 55.7 Å². The van der Waals surface area contributed by atoms with E-state index in [4.69, 9.17) is 14.2 Å². The van der Waals surface area contributed by atoms with Crippen molar-refractivity contribution in [2.45, 2.75) is 88.4 Å². The summed E-state index contributed by atoms with van der Waals surface area (Å²) in [6.07, 6.45) is 1.86. The summed E-state index contributed by atoms with van der Waals surface area (Å²) in [5.74, 6) is -0.160. The molecule has 4 aliphatic rings. The van der Waals surface area contributed by atoms with E-state index in [9.17, 15) is 19.5 Å². The Balaban J connectivity index is 1.29. The molecule has 54 heavy (non-hydrogen) atoms. The molecule has 1 N–H and O–H groups in total. The molecule has 0 saturated carbocycles. The molecule has 2 saturated heterocycles. The van der Waals surface area contributed by atoms with E-state index < -0.39 is 19.8 Å². The van der Waals surface area contributed by atoms with Crippen LogP contribution in [0.15, 0.2) is 66.7 Å². The van der Waals surface area contributed by atoms with E-state index in [2.05, 4.69) is 38.2 Å². The third-order valence-corrected chi connectivity index (χ3v) is 16.8. The minimum Gasteiger partial charge on any atom is -0.497 e. The Bertz CT molecular complexity index is 1930. The molecule has 0 aliphatic carbocycles. The largest absolute Gasteiger partial charge is 0.497 e. The Morgan fingerprint density at radius 2 is 1.74 bits per heavy atom. The standard InChI is InChI=1S/C42H51N3O8Si/c1-27-40(54(4,5)33-16-14-32(51-2)15-17-33)36(24-38(48)45-25-29-11-7-6-10-28(29)22-31(45)26-46)53-42(27)34-23-30(43-21-19-37(43)47)13-18-35(34)44(41(42)50)20-9-8-12-39(49)52-3/h6-7,10-11,13-18,23,27,31,36,40,46H,8-9,12,19-22,24-26H2,1-5H3/t27-,31-,36+,40-,42+/m0/s1. The predicted molar refractivity (Wildman–Crippen MR) is 207 cm³/mol. The van der Waals surface area contributed by atoms with E-state index in [1.807, 2.05) is 48.5 Å². The molecule has 3 amide bonds. The summed E-state index contributed by atoms with van der Waals surface area (Å²) in [6, 6.07) is 21.5. The number of esters is 1. The first-order valence-electron chi connectivity index (χ1n) is 19.1. The highest BCUT2D eigenvalue weighted by molar-refractivity contribution is 6.91. The van der Waals surface area contributed by atoms with Gasteiger partial charge in [0.2, 0.25) is 11.8 Å². The molecule has 0 bridgehead atoms. The highest BCUT2D eigenvalue weighted by Crippen LogP contribution is 2.60. The SMILES string of the molecule is COC(=O)CCCCN1C(=O)[C@]2(O[C@H](CC(=O)N3Cc4ccccc4C[C@H]3CO)[C@@H]([Si](C)(C)c3ccc(OC)cc3)[C@@H]2C)c2cc(N3CCC3=O)ccc21. The van der Waals surface area contributed by atoms with E-state index in [1.54, 1.807) is 21.8 Å². The Hall–Kier alpha value is -4.52. The van der Waals surface area contributed by atoms with Crippen molar-refractivity contribution < 1.29 is 38.5 Å². The number of fused-ring (bicyclic) bond motifs is 3. The van der Waals surface area contributed by atoms with Gasteiger partial charge >= 0.3 is 5.97 Å². The second-order valence-electron chi connectivity index (χ2n) is 15.7. The monoisotopic (exact) mass is 753 g/mol. The van der Waals surface area contributed by atoms with Crippen molar-refractivity contribution in [2.24, 2.45) is 5.92 Å². The van der Waals surface area contributed by atoms with Gasteiger partial charge in [-0.25, -0.2) is 0 Å². The lowest BCUT2D eigenvalue weighted by molar-refractivity contribution is -0.151. The van der Waals surface area contributed by atoms with Crippen LogP contribution in [0.3, 0.4) is 0 Å². The van der Waals surface area contributed by atoms with Crippen LogP contribution < -0.4 is 19.7 Å².